The molecule has 0 rings (SSSR count). The number of hydrogen-bond donors (Lipinski definition) is 0. The van der Waals surface area contributed by atoms with Crippen molar-refractivity contribution in [1.82, 2.24) is 0 Å². The molecule has 0 atom stereocenters. The van der Waals surface area contributed by atoms with Crippen LogP contribution in [0.25, 0.3) is 10.4 Å². The molecule has 0 N–H and O–H groups in total. The molecule has 0 fully saturated rings. The summed E-state index contributed by atoms with van der Waals surface area (Å²) < 4.78 is 4.49. The topological polar surface area (TPSA) is 75.1 Å². The van der Waals surface area contributed by atoms with Crippen LogP contribution < -0.4 is 0 Å². The number of carbonyl (C=O) groups is 1. The molecule has 0 spiro atoms. The third kappa shape index (κ3) is 10.8. The monoisotopic (exact) mass is 201 g/mol. The van der Waals surface area contributed by atoms with Gasteiger partial charge in [-0.1, -0.05) is 25.4 Å². The van der Waals surface area contributed by atoms with Gasteiger partial charge in [0.25, 0.3) is 0 Å². The first-order valence-corrected chi connectivity index (χ1v) is 4.39. The minimum atomic E-state index is -0.157. The molecular weight excluding hydrogens is 182 g/mol. The lowest BCUT2D eigenvalue weighted by atomic mass is 10.1. The summed E-state index contributed by atoms with van der Waals surface area (Å²) in [4.78, 5) is 13.3. The van der Waals surface area contributed by atoms with E-state index in [1.54, 1.807) is 0 Å². The molecular formula is C9H19N3O2. The number of nitrogens with zero attached hydrogens (tertiary/aromatic N) is 3. The number of esters is 1. The predicted molar refractivity (Wildman–Crippen MR) is 55.8 cm³/mol. The minimum Gasteiger partial charge on any atom is -0.469 e. The summed E-state index contributed by atoms with van der Waals surface area (Å²) in [6, 6.07) is 0. The quantitative estimate of drug-likeness (QED) is 0.209. The number of azide groups is 1. The van der Waals surface area contributed by atoms with E-state index in [0.29, 0.717) is 13.0 Å². The summed E-state index contributed by atoms with van der Waals surface area (Å²) in [5.41, 5.74) is 7.97. The molecule has 0 unspecified atom stereocenters. The van der Waals surface area contributed by atoms with Gasteiger partial charge in [0.05, 0.1) is 7.11 Å². The highest BCUT2D eigenvalue weighted by Gasteiger charge is 1.98. The fourth-order valence-electron chi connectivity index (χ4n) is 0.952. The van der Waals surface area contributed by atoms with E-state index < -0.39 is 0 Å². The molecule has 5 heteroatoms. The fraction of sp³-hybridized carbons (Fsp3) is 0.889. The van der Waals surface area contributed by atoms with E-state index in [9.17, 15) is 4.79 Å². The number of methoxy groups -OCH3 is 1. The highest BCUT2D eigenvalue weighted by Crippen LogP contribution is 2.03. The maximum atomic E-state index is 10.7. The molecule has 14 heavy (non-hydrogen) atoms. The van der Waals surface area contributed by atoms with E-state index in [1.807, 2.05) is 0 Å². The minimum absolute atomic E-state index is 0. The lowest BCUT2D eigenvalue weighted by Crippen LogP contribution is -1.99. The first kappa shape index (κ1) is 15.3. The molecule has 0 aliphatic carbocycles. The Morgan fingerprint density at radius 3 is 2.57 bits per heavy atom. The number of hydrogen-bond acceptors (Lipinski definition) is 3. The summed E-state index contributed by atoms with van der Waals surface area (Å²) in [7, 11) is 1.39. The van der Waals surface area contributed by atoms with Gasteiger partial charge in [0.1, 0.15) is 0 Å². The van der Waals surface area contributed by atoms with Crippen LogP contribution in [-0.2, 0) is 9.53 Å². The predicted octanol–water partition coefficient (Wildman–Crippen LogP) is 3.06. The number of carbonyl (C=O) groups excluding carboxylic acids is 1. The summed E-state index contributed by atoms with van der Waals surface area (Å²) in [5, 5.41) is 3.41. The van der Waals surface area contributed by atoms with Crippen LogP contribution in [-0.4, -0.2) is 19.6 Å². The lowest BCUT2D eigenvalue weighted by Gasteiger charge is -1.98. The molecule has 5 nitrogen and oxygen atoms in total. The van der Waals surface area contributed by atoms with Gasteiger partial charge in [-0.05, 0) is 18.4 Å². The van der Waals surface area contributed by atoms with Gasteiger partial charge >= 0.3 is 5.97 Å². The molecule has 0 aliphatic heterocycles. The molecule has 0 bridgehead atoms. The van der Waals surface area contributed by atoms with Crippen LogP contribution in [0.5, 0.6) is 0 Å². The average Bonchev–Trinajstić information content (AvgIpc) is 2.16. The number of rotatable bonds is 7. The Morgan fingerprint density at radius 2 is 2.00 bits per heavy atom. The summed E-state index contributed by atoms with van der Waals surface area (Å²) in [6.07, 6.45) is 4.21. The molecule has 0 aromatic heterocycles. The Morgan fingerprint density at radius 1 is 1.36 bits per heavy atom. The van der Waals surface area contributed by atoms with Crippen LogP contribution >= 0.6 is 0 Å². The lowest BCUT2D eigenvalue weighted by molar-refractivity contribution is -0.140. The zero-order valence-corrected chi connectivity index (χ0v) is 7.90. The maximum absolute atomic E-state index is 10.7. The zero-order valence-electron chi connectivity index (χ0n) is 7.90. The molecule has 0 saturated heterocycles. The van der Waals surface area contributed by atoms with E-state index in [2.05, 4.69) is 14.8 Å². The Kier molecular flexibility index (Phi) is 12.8. The second kappa shape index (κ2) is 11.8. The van der Waals surface area contributed by atoms with Crippen LogP contribution in [0, 0.1) is 0 Å². The number of ether oxygens (including phenoxy) is 1. The largest absolute Gasteiger partial charge is 0.469 e. The molecule has 0 heterocycles. The first-order valence-electron chi connectivity index (χ1n) is 4.39. The van der Waals surface area contributed by atoms with Crippen molar-refractivity contribution in [2.24, 2.45) is 5.11 Å². The first-order chi connectivity index (χ1) is 6.31. The Bertz CT molecular complexity index is 188. The van der Waals surface area contributed by atoms with Gasteiger partial charge in [-0.3, -0.25) is 4.79 Å². The van der Waals surface area contributed by atoms with Crippen molar-refractivity contribution in [1.29, 1.82) is 0 Å². The van der Waals surface area contributed by atoms with Gasteiger partial charge in [-0.25, -0.2) is 0 Å². The number of unbranched alkanes of at least 4 members (excludes halogenated alkanes) is 3. The highest BCUT2D eigenvalue weighted by molar-refractivity contribution is 5.68. The van der Waals surface area contributed by atoms with Gasteiger partial charge in [-0.15, -0.1) is 0 Å². The maximum Gasteiger partial charge on any atom is 0.305 e. The van der Waals surface area contributed by atoms with E-state index >= 15 is 0 Å². The van der Waals surface area contributed by atoms with Gasteiger partial charge in [-0.2, -0.15) is 0 Å². The van der Waals surface area contributed by atoms with Crippen molar-refractivity contribution in [3.05, 3.63) is 10.4 Å². The standard InChI is InChI=1S/C8H15N3O2.CH4/c1-13-8(12)6-4-2-3-5-7-10-11-9;/h2-7H2,1H3;1H4. The summed E-state index contributed by atoms with van der Waals surface area (Å²) >= 11 is 0. The van der Waals surface area contributed by atoms with Crippen LogP contribution in [0.2, 0.25) is 0 Å². The highest BCUT2D eigenvalue weighted by atomic mass is 16.5. The van der Waals surface area contributed by atoms with E-state index in [-0.39, 0.29) is 13.4 Å². The van der Waals surface area contributed by atoms with Crippen molar-refractivity contribution in [2.75, 3.05) is 13.7 Å². The second-order valence-electron chi connectivity index (χ2n) is 2.69. The fourth-order valence-corrected chi connectivity index (χ4v) is 0.952. The Labute approximate surface area is 85.1 Å². The Balaban J connectivity index is 0. The molecule has 0 aromatic carbocycles. The smallest absolute Gasteiger partial charge is 0.305 e. The molecule has 0 amide bonds. The van der Waals surface area contributed by atoms with Crippen LogP contribution in [0.4, 0.5) is 0 Å². The van der Waals surface area contributed by atoms with Gasteiger partial charge in [0, 0.05) is 17.9 Å². The Hall–Kier alpha value is -1.22. The van der Waals surface area contributed by atoms with Crippen molar-refractivity contribution < 1.29 is 9.53 Å². The van der Waals surface area contributed by atoms with E-state index in [0.717, 1.165) is 25.7 Å². The van der Waals surface area contributed by atoms with Crippen molar-refractivity contribution >= 4 is 5.97 Å². The normalized spacial score (nSPS) is 8.36. The van der Waals surface area contributed by atoms with Gasteiger partial charge in [0.2, 0.25) is 0 Å². The van der Waals surface area contributed by atoms with Crippen molar-refractivity contribution in [2.45, 2.75) is 39.5 Å². The summed E-state index contributed by atoms with van der Waals surface area (Å²) in [6.45, 7) is 0.550. The van der Waals surface area contributed by atoms with Gasteiger partial charge < -0.3 is 4.74 Å². The zero-order chi connectivity index (χ0) is 9.94. The molecule has 82 valence electrons. The molecule has 0 saturated carbocycles. The third-order valence-corrected chi connectivity index (χ3v) is 1.68. The van der Waals surface area contributed by atoms with E-state index in [1.165, 1.54) is 7.11 Å². The SMILES string of the molecule is C.COC(=O)CCCCCCN=[N+]=[N-]. The second-order valence-corrected chi connectivity index (χ2v) is 2.69. The van der Waals surface area contributed by atoms with Crippen molar-refractivity contribution in [3.8, 4) is 0 Å². The summed E-state index contributed by atoms with van der Waals surface area (Å²) in [5.74, 6) is -0.157. The molecule has 0 aromatic rings. The van der Waals surface area contributed by atoms with E-state index in [4.69, 9.17) is 5.53 Å². The average molecular weight is 201 g/mol. The third-order valence-electron chi connectivity index (χ3n) is 1.68. The van der Waals surface area contributed by atoms with Crippen LogP contribution in [0.15, 0.2) is 5.11 Å². The van der Waals surface area contributed by atoms with Gasteiger partial charge in [0.15, 0.2) is 0 Å². The molecule has 0 radical (unpaired) electrons. The van der Waals surface area contributed by atoms with Crippen LogP contribution in [0.1, 0.15) is 39.5 Å². The van der Waals surface area contributed by atoms with Crippen molar-refractivity contribution in [3.63, 3.8) is 0 Å². The molecule has 0 aliphatic rings. The van der Waals surface area contributed by atoms with Crippen LogP contribution in [0.3, 0.4) is 0 Å².